The van der Waals surface area contributed by atoms with Gasteiger partial charge in [0.05, 0.1) is 16.4 Å². The van der Waals surface area contributed by atoms with Gasteiger partial charge in [-0.25, -0.2) is 0 Å². The van der Waals surface area contributed by atoms with Crippen LogP contribution in [0.5, 0.6) is 0 Å². The predicted octanol–water partition coefficient (Wildman–Crippen LogP) is 17.5. The molecule has 0 aliphatic heterocycles. The summed E-state index contributed by atoms with van der Waals surface area (Å²) >= 11 is 0. The highest BCUT2D eigenvalue weighted by molar-refractivity contribution is 6.22. The lowest BCUT2D eigenvalue weighted by atomic mass is 9.67. The number of nitrogens with zero attached hydrogens (tertiary/aromatic N) is 1. The molecule has 2 aliphatic rings. The van der Waals surface area contributed by atoms with Gasteiger partial charge in [0.15, 0.2) is 0 Å². The number of hydrogen-bond donors (Lipinski definition) is 0. The maximum Gasteiger partial charge on any atom is 0.0713 e. The van der Waals surface area contributed by atoms with Crippen molar-refractivity contribution in [3.8, 4) is 39.1 Å². The number of aromatic nitrogens is 1. The summed E-state index contributed by atoms with van der Waals surface area (Å²) in [6, 6.07) is 95.6. The summed E-state index contributed by atoms with van der Waals surface area (Å²) < 4.78 is 2.48. The van der Waals surface area contributed by atoms with Gasteiger partial charge in [0.1, 0.15) is 0 Å². The third kappa shape index (κ3) is 5.79. The minimum absolute atomic E-state index is 0.0164. The van der Waals surface area contributed by atoms with Gasteiger partial charge < -0.3 is 4.57 Å². The molecule has 1 atom stereocenters. The molecule has 0 spiro atoms. The van der Waals surface area contributed by atoms with E-state index in [0.29, 0.717) is 0 Å². The van der Waals surface area contributed by atoms with E-state index in [2.05, 4.69) is 273 Å². The Morgan fingerprint density at radius 3 is 1.69 bits per heavy atom. The molecule has 11 aromatic carbocycles. The Bertz CT molecular complexity index is 3980. The third-order valence-electron chi connectivity index (χ3n) is 16.0. The number of benzene rings is 11. The highest BCUT2D eigenvalue weighted by Gasteiger charge is 2.46. The van der Waals surface area contributed by atoms with Gasteiger partial charge in [-0.1, -0.05) is 238 Å². The first-order chi connectivity index (χ1) is 34.5. The van der Waals surface area contributed by atoms with Gasteiger partial charge in [-0.2, -0.15) is 0 Å². The summed E-state index contributed by atoms with van der Waals surface area (Å²) in [4.78, 5) is 0. The van der Waals surface area contributed by atoms with Crippen LogP contribution in [0.2, 0.25) is 0 Å². The second kappa shape index (κ2) is 15.5. The average molecular weight is 892 g/mol. The summed E-state index contributed by atoms with van der Waals surface area (Å²) in [6.07, 6.45) is 0. The summed E-state index contributed by atoms with van der Waals surface area (Å²) in [5.74, 6) is -0.0164. The van der Waals surface area contributed by atoms with Crippen molar-refractivity contribution in [2.45, 2.75) is 30.6 Å². The minimum atomic E-state index is -0.483. The van der Waals surface area contributed by atoms with Crippen LogP contribution in [0.3, 0.4) is 0 Å². The lowest BCUT2D eigenvalue weighted by Crippen LogP contribution is -2.28. The molecule has 14 rings (SSSR count). The van der Waals surface area contributed by atoms with E-state index in [1.807, 2.05) is 0 Å². The van der Waals surface area contributed by atoms with Crippen molar-refractivity contribution in [1.82, 2.24) is 4.57 Å². The molecule has 0 saturated carbocycles. The fourth-order valence-corrected chi connectivity index (χ4v) is 12.9. The fraction of sp³-hybridized carbons (Fsp3) is 0.0725. The van der Waals surface area contributed by atoms with Crippen LogP contribution >= 0.6 is 0 Å². The molecule has 0 fully saturated rings. The molecule has 1 aromatic heterocycles. The summed E-state index contributed by atoms with van der Waals surface area (Å²) in [5.41, 5.74) is 22.4. The molecule has 70 heavy (non-hydrogen) atoms. The molecular weight excluding hydrogens is 843 g/mol. The topological polar surface area (TPSA) is 4.93 Å². The maximum absolute atomic E-state index is 2.53. The molecule has 1 unspecified atom stereocenters. The van der Waals surface area contributed by atoms with Gasteiger partial charge in [-0.15, -0.1) is 0 Å². The van der Waals surface area contributed by atoms with Gasteiger partial charge in [-0.05, 0) is 125 Å². The number of hydrogen-bond acceptors (Lipinski definition) is 0. The molecule has 0 radical (unpaired) electrons. The van der Waals surface area contributed by atoms with Crippen molar-refractivity contribution in [1.29, 1.82) is 0 Å². The largest absolute Gasteiger partial charge is 0.309 e. The maximum atomic E-state index is 2.53. The van der Waals surface area contributed by atoms with Gasteiger partial charge >= 0.3 is 0 Å². The Kier molecular flexibility index (Phi) is 8.98. The van der Waals surface area contributed by atoms with E-state index in [9.17, 15) is 0 Å². The van der Waals surface area contributed by atoms with Crippen LogP contribution in [0, 0.1) is 0 Å². The van der Waals surface area contributed by atoms with E-state index in [-0.39, 0.29) is 11.3 Å². The van der Waals surface area contributed by atoms with Crippen LogP contribution in [-0.2, 0) is 10.8 Å². The van der Waals surface area contributed by atoms with Crippen LogP contribution in [0.4, 0.5) is 0 Å². The predicted molar refractivity (Wildman–Crippen MR) is 292 cm³/mol. The molecule has 0 amide bonds. The van der Waals surface area contributed by atoms with Gasteiger partial charge in [0.2, 0.25) is 0 Å². The molecule has 0 saturated heterocycles. The van der Waals surface area contributed by atoms with Gasteiger partial charge in [0, 0.05) is 27.8 Å². The Balaban J connectivity index is 0.962. The van der Waals surface area contributed by atoms with Crippen molar-refractivity contribution >= 4 is 32.6 Å². The van der Waals surface area contributed by atoms with Crippen molar-refractivity contribution in [3.63, 3.8) is 0 Å². The average Bonchev–Trinajstić information content (AvgIpc) is 4.00. The van der Waals surface area contributed by atoms with E-state index >= 15 is 0 Å². The van der Waals surface area contributed by atoms with E-state index < -0.39 is 5.41 Å². The Morgan fingerprint density at radius 1 is 0.357 bits per heavy atom. The van der Waals surface area contributed by atoms with Crippen LogP contribution in [0.25, 0.3) is 71.6 Å². The van der Waals surface area contributed by atoms with Crippen LogP contribution < -0.4 is 0 Å². The first-order valence-corrected chi connectivity index (χ1v) is 24.7. The second-order valence-electron chi connectivity index (χ2n) is 19.9. The van der Waals surface area contributed by atoms with Crippen LogP contribution in [0.15, 0.2) is 255 Å². The van der Waals surface area contributed by atoms with E-state index in [1.54, 1.807) is 0 Å². The summed E-state index contributed by atoms with van der Waals surface area (Å²) in [5, 5.41) is 5.16. The molecule has 0 bridgehead atoms. The van der Waals surface area contributed by atoms with Gasteiger partial charge in [-0.3, -0.25) is 0 Å². The molecule has 1 heterocycles. The zero-order chi connectivity index (χ0) is 46.6. The Morgan fingerprint density at radius 2 is 0.929 bits per heavy atom. The first-order valence-electron chi connectivity index (χ1n) is 24.7. The molecule has 2 aliphatic carbocycles. The normalized spacial score (nSPS) is 14.3. The number of fused-ring (bicyclic) bond motifs is 11. The van der Waals surface area contributed by atoms with Crippen molar-refractivity contribution in [2.75, 3.05) is 0 Å². The lowest BCUT2D eigenvalue weighted by Gasteiger charge is -2.34. The van der Waals surface area contributed by atoms with E-state index in [4.69, 9.17) is 0 Å². The van der Waals surface area contributed by atoms with Crippen molar-refractivity contribution in [2.24, 2.45) is 0 Å². The van der Waals surface area contributed by atoms with E-state index in [1.165, 1.54) is 122 Å². The monoisotopic (exact) mass is 891 g/mol. The van der Waals surface area contributed by atoms with Gasteiger partial charge in [0.25, 0.3) is 0 Å². The zero-order valence-electron chi connectivity index (χ0n) is 39.3. The van der Waals surface area contributed by atoms with Crippen LogP contribution in [-0.4, -0.2) is 4.57 Å². The smallest absolute Gasteiger partial charge is 0.0713 e. The molecule has 0 N–H and O–H groups in total. The molecule has 1 heteroatoms. The van der Waals surface area contributed by atoms with Crippen molar-refractivity contribution < 1.29 is 0 Å². The number of rotatable bonds is 7. The summed E-state index contributed by atoms with van der Waals surface area (Å²) in [7, 11) is 0. The minimum Gasteiger partial charge on any atom is -0.309 e. The van der Waals surface area contributed by atoms with Crippen molar-refractivity contribution in [3.05, 3.63) is 305 Å². The standard InChI is InChI=1S/C69H49N/c1-68(2)61-38-20-35-54(66(61)57-44-64-58(43-62(57)68)67-53-32-13-12-21-45(53)39-40-63(67)70(64)52-30-10-5-11-31-52)47-24-18-25-48(41-47)65(46-22-6-3-7-23-46)49-26-19-29-51(42-49)69(50-27-8-4-9-28-50)59-36-16-14-33-55(59)56-34-15-17-37-60(56)69/h3-44,65H,1-2H3. The Hall–Kier alpha value is -8.52. The molecule has 330 valence electrons. The second-order valence-corrected chi connectivity index (χ2v) is 19.9. The third-order valence-corrected chi connectivity index (χ3v) is 16.0. The molecule has 12 aromatic rings. The van der Waals surface area contributed by atoms with Crippen LogP contribution in [0.1, 0.15) is 69.8 Å². The quantitative estimate of drug-likeness (QED) is 0.141. The number of para-hydroxylation sites is 1. The molecule has 1 nitrogen and oxygen atoms in total. The highest BCUT2D eigenvalue weighted by Crippen LogP contribution is 2.57. The lowest BCUT2D eigenvalue weighted by molar-refractivity contribution is 0.661. The summed E-state index contributed by atoms with van der Waals surface area (Å²) in [6.45, 7) is 4.83. The van der Waals surface area contributed by atoms with E-state index in [0.717, 1.165) is 0 Å². The Labute approximate surface area is 409 Å². The SMILES string of the molecule is CC1(C)c2cc3c4c5ccccc5ccc4n(-c4ccccc4)c3cc2-c2c(-c3cccc(C(c4ccccc4)c4cccc(C5(c6ccccc6)c6ccccc6-c6ccccc65)c4)c3)cccc21. The molecular formula is C69H49N. The first kappa shape index (κ1) is 40.5. The zero-order valence-corrected chi connectivity index (χ0v) is 39.3. The highest BCUT2D eigenvalue weighted by atomic mass is 15.0. The fourth-order valence-electron chi connectivity index (χ4n) is 12.9.